The largest absolute Gasteiger partial charge is 0.243 e. The Morgan fingerprint density at radius 3 is 2.36 bits per heavy atom. The molecule has 2 heterocycles. The fourth-order valence-corrected chi connectivity index (χ4v) is 4.03. The molecule has 0 saturated heterocycles. The highest BCUT2D eigenvalue weighted by Crippen LogP contribution is 2.29. The van der Waals surface area contributed by atoms with Crippen molar-refractivity contribution in [2.75, 3.05) is 0 Å². The van der Waals surface area contributed by atoms with E-state index in [1.54, 1.807) is 18.1 Å². The SMILES string of the molecule is CC(C)(C)c1ccc(CSc2ncnc3c2cnn3Cc2ccccc2)cc1. The fraction of sp³-hybridized carbons (Fsp3) is 0.261. The number of rotatable bonds is 5. The van der Waals surface area contributed by atoms with Crippen LogP contribution in [0.1, 0.15) is 37.5 Å². The molecule has 0 radical (unpaired) electrons. The Morgan fingerprint density at radius 2 is 1.64 bits per heavy atom. The molecule has 4 nitrogen and oxygen atoms in total. The second-order valence-electron chi connectivity index (χ2n) is 7.94. The lowest BCUT2D eigenvalue weighted by atomic mass is 9.87. The quantitative estimate of drug-likeness (QED) is 0.336. The zero-order valence-electron chi connectivity index (χ0n) is 16.5. The number of nitrogens with zero attached hydrogens (tertiary/aromatic N) is 4. The first-order valence-electron chi connectivity index (χ1n) is 9.43. The Bertz CT molecular complexity index is 1060. The van der Waals surface area contributed by atoms with E-state index in [2.05, 4.69) is 72.2 Å². The lowest BCUT2D eigenvalue weighted by Crippen LogP contribution is -2.10. The first-order valence-corrected chi connectivity index (χ1v) is 10.4. The van der Waals surface area contributed by atoms with Crippen LogP contribution in [0, 0.1) is 0 Å². The number of benzene rings is 2. The number of aromatic nitrogens is 4. The highest BCUT2D eigenvalue weighted by molar-refractivity contribution is 7.98. The smallest absolute Gasteiger partial charge is 0.162 e. The monoisotopic (exact) mass is 388 g/mol. The highest BCUT2D eigenvalue weighted by atomic mass is 32.2. The molecule has 142 valence electrons. The van der Waals surface area contributed by atoms with Gasteiger partial charge < -0.3 is 0 Å². The first kappa shape index (κ1) is 18.7. The molecule has 2 aromatic heterocycles. The number of fused-ring (bicyclic) bond motifs is 1. The van der Waals surface area contributed by atoms with Crippen LogP contribution < -0.4 is 0 Å². The maximum absolute atomic E-state index is 4.55. The van der Waals surface area contributed by atoms with Crippen LogP contribution in [0.2, 0.25) is 0 Å². The van der Waals surface area contributed by atoms with Crippen molar-refractivity contribution in [2.45, 2.75) is 43.5 Å². The summed E-state index contributed by atoms with van der Waals surface area (Å²) in [4.78, 5) is 8.97. The van der Waals surface area contributed by atoms with Crippen molar-refractivity contribution in [3.8, 4) is 0 Å². The summed E-state index contributed by atoms with van der Waals surface area (Å²) in [5.74, 6) is 0.875. The van der Waals surface area contributed by atoms with Crippen molar-refractivity contribution < 1.29 is 0 Å². The molecule has 0 N–H and O–H groups in total. The molecule has 0 aliphatic rings. The Kier molecular flexibility index (Phi) is 5.18. The third-order valence-corrected chi connectivity index (χ3v) is 5.84. The zero-order chi connectivity index (χ0) is 19.6. The van der Waals surface area contributed by atoms with Crippen LogP contribution >= 0.6 is 11.8 Å². The van der Waals surface area contributed by atoms with Gasteiger partial charge in [-0.15, -0.1) is 11.8 Å². The summed E-state index contributed by atoms with van der Waals surface area (Å²) in [6.45, 7) is 7.42. The Labute approximate surface area is 170 Å². The van der Waals surface area contributed by atoms with Gasteiger partial charge in [0.2, 0.25) is 0 Å². The average molecular weight is 389 g/mol. The van der Waals surface area contributed by atoms with Crippen molar-refractivity contribution >= 4 is 22.8 Å². The van der Waals surface area contributed by atoms with Crippen molar-refractivity contribution in [3.63, 3.8) is 0 Å². The van der Waals surface area contributed by atoms with E-state index in [1.807, 2.05) is 29.1 Å². The summed E-state index contributed by atoms with van der Waals surface area (Å²) in [6, 6.07) is 19.2. The Balaban J connectivity index is 1.52. The fourth-order valence-electron chi connectivity index (χ4n) is 3.11. The van der Waals surface area contributed by atoms with Crippen molar-refractivity contribution in [3.05, 3.63) is 83.8 Å². The van der Waals surface area contributed by atoms with Gasteiger partial charge in [0.15, 0.2) is 5.65 Å². The Hall–Kier alpha value is -2.66. The number of hydrogen-bond donors (Lipinski definition) is 0. The lowest BCUT2D eigenvalue weighted by molar-refractivity contribution is 0.590. The standard InChI is InChI=1S/C23H24N4S/c1-23(2,3)19-11-9-18(10-12-19)15-28-22-20-13-26-27(21(20)24-16-25-22)14-17-7-5-4-6-8-17/h4-13,16H,14-15H2,1-3H3. The van der Waals surface area contributed by atoms with Gasteiger partial charge in [0.05, 0.1) is 18.1 Å². The molecule has 0 aliphatic carbocycles. The Morgan fingerprint density at radius 1 is 0.893 bits per heavy atom. The molecule has 4 aromatic rings. The van der Waals surface area contributed by atoms with Gasteiger partial charge in [-0.1, -0.05) is 75.4 Å². The van der Waals surface area contributed by atoms with E-state index in [9.17, 15) is 0 Å². The van der Waals surface area contributed by atoms with E-state index < -0.39 is 0 Å². The summed E-state index contributed by atoms with van der Waals surface area (Å²) in [5.41, 5.74) is 4.91. The summed E-state index contributed by atoms with van der Waals surface area (Å²) in [7, 11) is 0. The molecular weight excluding hydrogens is 364 g/mol. The second kappa shape index (κ2) is 7.76. The summed E-state index contributed by atoms with van der Waals surface area (Å²) >= 11 is 1.73. The van der Waals surface area contributed by atoms with Gasteiger partial charge >= 0.3 is 0 Å². The second-order valence-corrected chi connectivity index (χ2v) is 8.90. The van der Waals surface area contributed by atoms with Crippen molar-refractivity contribution in [1.29, 1.82) is 0 Å². The van der Waals surface area contributed by atoms with Crippen LogP contribution in [0.5, 0.6) is 0 Å². The van der Waals surface area contributed by atoms with Gasteiger partial charge in [0.25, 0.3) is 0 Å². The van der Waals surface area contributed by atoms with Gasteiger partial charge in [0, 0.05) is 5.75 Å². The maximum atomic E-state index is 4.55. The number of hydrogen-bond acceptors (Lipinski definition) is 4. The van der Waals surface area contributed by atoms with Crippen molar-refractivity contribution in [2.24, 2.45) is 0 Å². The van der Waals surface area contributed by atoms with Gasteiger partial charge in [0.1, 0.15) is 11.4 Å². The summed E-state index contributed by atoms with van der Waals surface area (Å²) in [6.07, 6.45) is 3.51. The van der Waals surface area contributed by atoms with E-state index in [-0.39, 0.29) is 5.41 Å². The summed E-state index contributed by atoms with van der Waals surface area (Å²) < 4.78 is 1.94. The molecule has 0 fully saturated rings. The summed E-state index contributed by atoms with van der Waals surface area (Å²) in [5, 5.41) is 6.53. The predicted octanol–water partition coefficient (Wildman–Crippen LogP) is 5.46. The van der Waals surface area contributed by atoms with Crippen molar-refractivity contribution in [1.82, 2.24) is 19.7 Å². The molecule has 2 aromatic carbocycles. The molecule has 0 bridgehead atoms. The van der Waals surface area contributed by atoms with Crippen LogP contribution in [0.15, 0.2) is 72.1 Å². The van der Waals surface area contributed by atoms with E-state index in [4.69, 9.17) is 0 Å². The molecular formula is C23H24N4S. The van der Waals surface area contributed by atoms with E-state index >= 15 is 0 Å². The van der Waals surface area contributed by atoms with Gasteiger partial charge in [-0.2, -0.15) is 5.10 Å². The van der Waals surface area contributed by atoms with Gasteiger partial charge in [-0.25, -0.2) is 14.6 Å². The molecule has 5 heteroatoms. The van der Waals surface area contributed by atoms with Crippen LogP contribution in [-0.2, 0) is 17.7 Å². The predicted molar refractivity (Wildman–Crippen MR) is 116 cm³/mol. The average Bonchev–Trinajstić information content (AvgIpc) is 3.10. The highest BCUT2D eigenvalue weighted by Gasteiger charge is 2.14. The minimum atomic E-state index is 0.178. The zero-order valence-corrected chi connectivity index (χ0v) is 17.3. The molecule has 0 unspecified atom stereocenters. The van der Waals surface area contributed by atoms with Crippen LogP contribution in [0.25, 0.3) is 11.0 Å². The van der Waals surface area contributed by atoms with Gasteiger partial charge in [-0.3, -0.25) is 0 Å². The van der Waals surface area contributed by atoms with Crippen LogP contribution in [0.4, 0.5) is 0 Å². The maximum Gasteiger partial charge on any atom is 0.162 e. The molecule has 0 aliphatic heterocycles. The van der Waals surface area contributed by atoms with E-state index in [0.29, 0.717) is 6.54 Å². The molecule has 0 amide bonds. The molecule has 0 spiro atoms. The molecule has 4 rings (SSSR count). The third kappa shape index (κ3) is 4.09. The van der Waals surface area contributed by atoms with Gasteiger partial charge in [-0.05, 0) is 22.1 Å². The van der Waals surface area contributed by atoms with E-state index in [1.165, 1.54) is 16.7 Å². The topological polar surface area (TPSA) is 43.6 Å². The van der Waals surface area contributed by atoms with Crippen LogP contribution in [-0.4, -0.2) is 19.7 Å². The first-order chi connectivity index (χ1) is 13.5. The molecule has 0 saturated carbocycles. The minimum absolute atomic E-state index is 0.178. The van der Waals surface area contributed by atoms with E-state index in [0.717, 1.165) is 21.8 Å². The number of thioether (sulfide) groups is 1. The van der Waals surface area contributed by atoms with Crippen LogP contribution in [0.3, 0.4) is 0 Å². The lowest BCUT2D eigenvalue weighted by Gasteiger charge is -2.19. The molecule has 28 heavy (non-hydrogen) atoms. The normalized spacial score (nSPS) is 11.8. The molecule has 0 atom stereocenters. The third-order valence-electron chi connectivity index (χ3n) is 4.77. The minimum Gasteiger partial charge on any atom is -0.243 e.